The molecule has 9 nitrogen and oxygen atoms in total. The minimum Gasteiger partial charge on any atom is -0.460 e. The predicted molar refractivity (Wildman–Crippen MR) is 131 cm³/mol. The van der Waals surface area contributed by atoms with Crippen LogP contribution in [0.4, 0.5) is 4.39 Å². The third kappa shape index (κ3) is 4.22. The molecule has 2 N–H and O–H groups in total. The number of aliphatic imine (C=N–C) groups is 1. The van der Waals surface area contributed by atoms with Crippen molar-refractivity contribution in [2.24, 2.45) is 22.6 Å². The highest BCUT2D eigenvalue weighted by molar-refractivity contribution is 9.10. The molecule has 1 heterocycles. The molecule has 1 fully saturated rings. The van der Waals surface area contributed by atoms with Gasteiger partial charge in [0.05, 0.1) is 11.8 Å². The van der Waals surface area contributed by atoms with E-state index in [2.05, 4.69) is 20.9 Å². The summed E-state index contributed by atoms with van der Waals surface area (Å²) >= 11 is 3.28. The van der Waals surface area contributed by atoms with Gasteiger partial charge in [-0.15, -0.1) is 0 Å². The van der Waals surface area contributed by atoms with E-state index in [1.807, 2.05) is 0 Å². The van der Waals surface area contributed by atoms with Gasteiger partial charge >= 0.3 is 11.9 Å². The SMILES string of the molecule is CN1C(N)=NC(C)(c2cc(Br)ccc2F)C2(C(C(=O)OC(C)(C)C)[C@@H]2C(=O)OC(C)(C)C)S1(=O)=O. The molecular weight excluding hydrogens is 545 g/mol. The molecule has 1 saturated carbocycles. The number of guanidine groups is 1. The van der Waals surface area contributed by atoms with Crippen LogP contribution in [0.1, 0.15) is 54.0 Å². The lowest BCUT2D eigenvalue weighted by molar-refractivity contribution is -0.163. The summed E-state index contributed by atoms with van der Waals surface area (Å²) in [6.45, 7) is 11.1. The first-order valence-corrected chi connectivity index (χ1v) is 13.2. The number of benzene rings is 1. The zero-order chi connectivity index (χ0) is 26.9. The highest BCUT2D eigenvalue weighted by Gasteiger charge is 2.89. The van der Waals surface area contributed by atoms with E-state index in [1.54, 1.807) is 41.5 Å². The first-order chi connectivity index (χ1) is 15.7. The first kappa shape index (κ1) is 27.4. The van der Waals surface area contributed by atoms with Crippen LogP contribution in [0.15, 0.2) is 27.7 Å². The van der Waals surface area contributed by atoms with Gasteiger partial charge in [0.1, 0.15) is 27.3 Å². The lowest BCUT2D eigenvalue weighted by Crippen LogP contribution is -2.60. The molecule has 1 spiro atoms. The van der Waals surface area contributed by atoms with Gasteiger partial charge in [-0.05, 0) is 66.7 Å². The third-order valence-electron chi connectivity index (χ3n) is 6.13. The number of halogens is 2. The van der Waals surface area contributed by atoms with Crippen molar-refractivity contribution in [3.05, 3.63) is 34.1 Å². The summed E-state index contributed by atoms with van der Waals surface area (Å²) in [5.41, 5.74) is 1.90. The van der Waals surface area contributed by atoms with Gasteiger partial charge in [0, 0.05) is 17.1 Å². The van der Waals surface area contributed by atoms with Crippen LogP contribution in [-0.2, 0) is 34.6 Å². The molecule has 3 rings (SSSR count). The number of hydrogen-bond donors (Lipinski definition) is 1. The number of nitrogens with two attached hydrogens (primary N) is 1. The molecule has 1 aliphatic carbocycles. The Bertz CT molecular complexity index is 1190. The fourth-order valence-electron chi connectivity index (χ4n) is 4.77. The van der Waals surface area contributed by atoms with Gasteiger partial charge in [-0.25, -0.2) is 22.1 Å². The van der Waals surface area contributed by atoms with Crippen LogP contribution in [0.2, 0.25) is 0 Å². The monoisotopic (exact) mass is 575 g/mol. The molecule has 0 radical (unpaired) electrons. The number of rotatable bonds is 3. The maximum absolute atomic E-state index is 15.3. The van der Waals surface area contributed by atoms with Gasteiger partial charge in [-0.3, -0.25) is 9.59 Å². The Kier molecular flexibility index (Phi) is 6.38. The van der Waals surface area contributed by atoms with Crippen molar-refractivity contribution in [1.82, 2.24) is 4.31 Å². The van der Waals surface area contributed by atoms with Gasteiger partial charge < -0.3 is 15.2 Å². The molecule has 1 aromatic carbocycles. The van der Waals surface area contributed by atoms with E-state index in [0.29, 0.717) is 8.78 Å². The highest BCUT2D eigenvalue weighted by Crippen LogP contribution is 2.69. The van der Waals surface area contributed by atoms with Gasteiger partial charge in [0.15, 0.2) is 0 Å². The van der Waals surface area contributed by atoms with Crippen LogP contribution in [0.5, 0.6) is 0 Å². The van der Waals surface area contributed by atoms with E-state index in [4.69, 9.17) is 15.2 Å². The topological polar surface area (TPSA) is 128 Å². The maximum atomic E-state index is 15.3. The first-order valence-electron chi connectivity index (χ1n) is 11.0. The van der Waals surface area contributed by atoms with Gasteiger partial charge in [-0.1, -0.05) is 15.9 Å². The van der Waals surface area contributed by atoms with Crippen LogP contribution >= 0.6 is 15.9 Å². The van der Waals surface area contributed by atoms with E-state index in [-0.39, 0.29) is 5.56 Å². The second-order valence-electron chi connectivity index (χ2n) is 11.0. The van der Waals surface area contributed by atoms with Gasteiger partial charge in [-0.2, -0.15) is 0 Å². The number of carbonyl (C=O) groups is 2. The zero-order valence-corrected chi connectivity index (χ0v) is 23.4. The zero-order valence-electron chi connectivity index (χ0n) is 21.0. The third-order valence-corrected chi connectivity index (χ3v) is 9.29. The van der Waals surface area contributed by atoms with E-state index in [0.717, 1.165) is 6.07 Å². The molecule has 2 aliphatic rings. The fraction of sp³-hybridized carbons (Fsp3) is 0.609. The Morgan fingerprint density at radius 1 is 1.09 bits per heavy atom. The lowest BCUT2D eigenvalue weighted by Gasteiger charge is -2.43. The number of nitrogens with zero attached hydrogens (tertiary/aromatic N) is 2. The van der Waals surface area contributed by atoms with E-state index >= 15 is 4.39 Å². The lowest BCUT2D eigenvalue weighted by atomic mass is 9.84. The molecule has 1 aromatic rings. The minimum atomic E-state index is -4.57. The van der Waals surface area contributed by atoms with E-state index in [9.17, 15) is 18.0 Å². The molecule has 0 aromatic heterocycles. The molecule has 12 heteroatoms. The van der Waals surface area contributed by atoms with E-state index in [1.165, 1.54) is 26.1 Å². The van der Waals surface area contributed by atoms with Crippen LogP contribution in [0, 0.1) is 17.7 Å². The van der Waals surface area contributed by atoms with Crippen molar-refractivity contribution in [3.8, 4) is 0 Å². The molecule has 1 aliphatic heterocycles. The van der Waals surface area contributed by atoms with Crippen molar-refractivity contribution >= 4 is 43.9 Å². The summed E-state index contributed by atoms with van der Waals surface area (Å²) in [6.07, 6.45) is 0. The number of hydrogen-bond acceptors (Lipinski definition) is 8. The van der Waals surface area contributed by atoms with Crippen LogP contribution < -0.4 is 5.73 Å². The number of carbonyl (C=O) groups excluding carboxylic acids is 2. The molecule has 0 saturated heterocycles. The summed E-state index contributed by atoms with van der Waals surface area (Å²) < 4.78 is 53.4. The van der Waals surface area contributed by atoms with Gasteiger partial charge in [0.25, 0.3) is 0 Å². The van der Waals surface area contributed by atoms with Crippen molar-refractivity contribution in [3.63, 3.8) is 0 Å². The summed E-state index contributed by atoms with van der Waals surface area (Å²) in [5, 5.41) is 0. The number of sulfonamides is 1. The summed E-state index contributed by atoms with van der Waals surface area (Å²) in [6, 6.07) is 3.95. The molecule has 3 unspecified atom stereocenters. The van der Waals surface area contributed by atoms with Crippen molar-refractivity contribution < 1.29 is 31.9 Å². The normalized spacial score (nSPS) is 30.0. The molecule has 194 valence electrons. The second kappa shape index (κ2) is 8.16. The second-order valence-corrected chi connectivity index (χ2v) is 14.0. The minimum absolute atomic E-state index is 0.147. The maximum Gasteiger partial charge on any atom is 0.312 e. The molecule has 0 bridgehead atoms. The van der Waals surface area contributed by atoms with Crippen molar-refractivity contribution in [2.75, 3.05) is 7.05 Å². The van der Waals surface area contributed by atoms with E-state index < -0.39 is 67.1 Å². The Morgan fingerprint density at radius 2 is 1.54 bits per heavy atom. The van der Waals surface area contributed by atoms with Gasteiger partial charge in [0.2, 0.25) is 16.0 Å². The van der Waals surface area contributed by atoms with Crippen molar-refractivity contribution in [1.29, 1.82) is 0 Å². The Balaban J connectivity index is 2.38. The average Bonchev–Trinajstić information content (AvgIpc) is 3.38. The fourth-order valence-corrected chi connectivity index (χ4v) is 7.57. The smallest absolute Gasteiger partial charge is 0.312 e. The molecular formula is C23H31BrFN3O6S. The largest absolute Gasteiger partial charge is 0.460 e. The van der Waals surface area contributed by atoms with Crippen molar-refractivity contribution in [2.45, 2.75) is 70.0 Å². The average molecular weight is 576 g/mol. The molecule has 35 heavy (non-hydrogen) atoms. The van der Waals surface area contributed by atoms with Crippen LogP contribution in [0.3, 0.4) is 0 Å². The Hall–Kier alpha value is -2.21. The predicted octanol–water partition coefficient (Wildman–Crippen LogP) is 3.06. The Labute approximate surface area is 213 Å². The Morgan fingerprint density at radius 3 is 1.97 bits per heavy atom. The van der Waals surface area contributed by atoms with Crippen LogP contribution in [-0.4, -0.2) is 53.6 Å². The highest BCUT2D eigenvalue weighted by atomic mass is 79.9. The quantitative estimate of drug-likeness (QED) is 0.548. The molecule has 0 amide bonds. The summed E-state index contributed by atoms with van der Waals surface area (Å²) in [7, 11) is -3.40. The standard InChI is InChI=1S/C23H31BrFN3O6S/c1-20(2,3)33-17(29)15-16(18(30)34-21(4,5)6)23(15)22(7,13-11-12(24)9-10-14(13)25)27-19(26)28(8)35(23,31)32/h9-11,15-16H,1-8H3,(H2,26,27)/t15-,16?,22?,23?/m1/s1. The van der Waals surface area contributed by atoms with Crippen LogP contribution in [0.25, 0.3) is 0 Å². The summed E-state index contributed by atoms with van der Waals surface area (Å²) in [5.74, 6) is -6.08. The number of esters is 2. The number of ether oxygens (including phenoxy) is 2. The summed E-state index contributed by atoms with van der Waals surface area (Å²) in [4.78, 5) is 31.3. The molecule has 4 atom stereocenters.